The minimum Gasteiger partial charge on any atom is -0.0651 e. The molecule has 70 valence electrons. The van der Waals surface area contributed by atoms with Gasteiger partial charge in [-0.15, -0.1) is 0 Å². The van der Waals surface area contributed by atoms with Crippen molar-refractivity contribution < 1.29 is 0 Å². The van der Waals surface area contributed by atoms with Gasteiger partial charge >= 0.3 is 0 Å². The summed E-state index contributed by atoms with van der Waals surface area (Å²) in [5.74, 6) is 3.34. The molecule has 3 unspecified atom stereocenters. The Morgan fingerprint density at radius 1 is 1.00 bits per heavy atom. The molecule has 0 nitrogen and oxygen atoms in total. The van der Waals surface area contributed by atoms with E-state index in [1.165, 1.54) is 19.3 Å². The van der Waals surface area contributed by atoms with Crippen molar-refractivity contribution in [3.05, 3.63) is 0 Å². The average molecular weight is 166 g/mol. The van der Waals surface area contributed by atoms with Crippen molar-refractivity contribution in [2.75, 3.05) is 0 Å². The number of hydrogen-bond donors (Lipinski definition) is 0. The maximum atomic E-state index is 2.39. The molecule has 0 spiro atoms. The van der Waals surface area contributed by atoms with E-state index in [4.69, 9.17) is 0 Å². The Morgan fingerprint density at radius 3 is 2.67 bits per heavy atom. The monoisotopic (exact) mass is 166 g/mol. The van der Waals surface area contributed by atoms with Crippen molar-refractivity contribution in [3.8, 4) is 0 Å². The minimum absolute atomic E-state index is 1.10. The third-order valence-electron chi connectivity index (χ3n) is 4.21. The zero-order valence-corrected chi connectivity index (χ0v) is 8.39. The van der Waals surface area contributed by atoms with Gasteiger partial charge in [-0.1, -0.05) is 45.4 Å². The number of hydrogen-bond acceptors (Lipinski definition) is 0. The first-order valence-electron chi connectivity index (χ1n) is 5.90. The predicted octanol–water partition coefficient (Wildman–Crippen LogP) is 4.00. The Morgan fingerprint density at radius 2 is 1.83 bits per heavy atom. The zero-order valence-electron chi connectivity index (χ0n) is 8.39. The fraction of sp³-hybridized carbons (Fsp3) is 1.00. The molecule has 0 aromatic heterocycles. The summed E-state index contributed by atoms with van der Waals surface area (Å²) in [5.41, 5.74) is 0. The molecule has 0 aliphatic heterocycles. The molecular formula is C12H22. The van der Waals surface area contributed by atoms with E-state index in [9.17, 15) is 0 Å². The van der Waals surface area contributed by atoms with Crippen LogP contribution in [-0.2, 0) is 0 Å². The van der Waals surface area contributed by atoms with Crippen LogP contribution < -0.4 is 0 Å². The van der Waals surface area contributed by atoms with Crippen LogP contribution >= 0.6 is 0 Å². The number of rotatable bonds is 1. The highest BCUT2D eigenvalue weighted by Gasteiger charge is 2.30. The Labute approximate surface area is 76.7 Å². The molecule has 0 heteroatoms. The van der Waals surface area contributed by atoms with Crippen molar-refractivity contribution in [1.82, 2.24) is 0 Å². The Kier molecular flexibility index (Phi) is 2.73. The van der Waals surface area contributed by atoms with Crippen LogP contribution in [-0.4, -0.2) is 0 Å². The lowest BCUT2D eigenvalue weighted by Crippen LogP contribution is -2.26. The standard InChI is InChI=1S/C12H22/c1-2-11-9-10-5-3-4-6-12(11)8-7-10/h10-12H,2-9H2,1H3. The zero-order chi connectivity index (χ0) is 8.39. The van der Waals surface area contributed by atoms with Gasteiger partial charge in [-0.05, 0) is 30.6 Å². The summed E-state index contributed by atoms with van der Waals surface area (Å²) in [6, 6.07) is 0. The van der Waals surface area contributed by atoms with E-state index < -0.39 is 0 Å². The fourth-order valence-electron chi connectivity index (χ4n) is 3.41. The molecule has 3 aliphatic rings. The molecule has 3 aliphatic carbocycles. The molecule has 0 radical (unpaired) electrons. The Hall–Kier alpha value is 0. The first kappa shape index (κ1) is 8.59. The van der Waals surface area contributed by atoms with E-state index >= 15 is 0 Å². The first-order valence-corrected chi connectivity index (χ1v) is 5.90. The maximum absolute atomic E-state index is 2.39. The summed E-state index contributed by atoms with van der Waals surface area (Å²) in [6.45, 7) is 2.39. The second-order valence-corrected chi connectivity index (χ2v) is 4.89. The van der Waals surface area contributed by atoms with Gasteiger partial charge in [-0.3, -0.25) is 0 Å². The molecule has 0 heterocycles. The van der Waals surface area contributed by atoms with Crippen LogP contribution in [0.3, 0.4) is 0 Å². The van der Waals surface area contributed by atoms with E-state index in [0.717, 1.165) is 17.8 Å². The molecule has 3 rings (SSSR count). The van der Waals surface area contributed by atoms with E-state index in [1.807, 2.05) is 0 Å². The highest BCUT2D eigenvalue weighted by molar-refractivity contribution is 4.81. The third kappa shape index (κ3) is 1.67. The summed E-state index contributed by atoms with van der Waals surface area (Å²) < 4.78 is 0. The summed E-state index contributed by atoms with van der Waals surface area (Å²) in [6.07, 6.45) is 12.3. The third-order valence-corrected chi connectivity index (χ3v) is 4.21. The summed E-state index contributed by atoms with van der Waals surface area (Å²) in [7, 11) is 0. The van der Waals surface area contributed by atoms with Crippen LogP contribution in [0.5, 0.6) is 0 Å². The predicted molar refractivity (Wildman–Crippen MR) is 53.1 cm³/mol. The highest BCUT2D eigenvalue weighted by atomic mass is 14.4. The fourth-order valence-corrected chi connectivity index (χ4v) is 3.41. The molecule has 0 aromatic rings. The van der Waals surface area contributed by atoms with Gasteiger partial charge in [-0.2, -0.15) is 0 Å². The second-order valence-electron chi connectivity index (χ2n) is 4.89. The van der Waals surface area contributed by atoms with Crippen LogP contribution in [0.25, 0.3) is 0 Å². The van der Waals surface area contributed by atoms with E-state index in [0.29, 0.717) is 0 Å². The smallest absolute Gasteiger partial charge is 0.0386 e. The molecule has 0 aromatic carbocycles. The molecule has 3 fully saturated rings. The topological polar surface area (TPSA) is 0 Å². The van der Waals surface area contributed by atoms with Gasteiger partial charge < -0.3 is 0 Å². The van der Waals surface area contributed by atoms with Crippen molar-refractivity contribution in [2.24, 2.45) is 17.8 Å². The van der Waals surface area contributed by atoms with Crippen molar-refractivity contribution in [1.29, 1.82) is 0 Å². The molecule has 0 amide bonds. The molecule has 0 saturated heterocycles. The van der Waals surface area contributed by atoms with Gasteiger partial charge in [0.05, 0.1) is 0 Å². The Bertz CT molecular complexity index is 135. The molecule has 12 heavy (non-hydrogen) atoms. The van der Waals surface area contributed by atoms with Gasteiger partial charge in [0.25, 0.3) is 0 Å². The van der Waals surface area contributed by atoms with Crippen LogP contribution in [0.4, 0.5) is 0 Å². The van der Waals surface area contributed by atoms with Gasteiger partial charge in [-0.25, -0.2) is 0 Å². The maximum Gasteiger partial charge on any atom is -0.0386 e. The largest absolute Gasteiger partial charge is 0.0651 e. The molecule has 3 saturated carbocycles. The highest BCUT2D eigenvalue weighted by Crippen LogP contribution is 2.42. The first-order chi connectivity index (χ1) is 5.90. The normalized spacial score (nSPS) is 42.2. The SMILES string of the molecule is CCC1CC2CCCCC1CC2. The Balaban J connectivity index is 2.00. The van der Waals surface area contributed by atoms with Gasteiger partial charge in [0.1, 0.15) is 0 Å². The van der Waals surface area contributed by atoms with Gasteiger partial charge in [0.15, 0.2) is 0 Å². The van der Waals surface area contributed by atoms with Crippen LogP contribution in [0.2, 0.25) is 0 Å². The van der Waals surface area contributed by atoms with Crippen molar-refractivity contribution >= 4 is 0 Å². The van der Waals surface area contributed by atoms with Gasteiger partial charge in [0, 0.05) is 0 Å². The van der Waals surface area contributed by atoms with Crippen molar-refractivity contribution in [2.45, 2.75) is 58.3 Å². The average Bonchev–Trinajstić information content (AvgIpc) is 2.05. The van der Waals surface area contributed by atoms with Crippen LogP contribution in [0, 0.1) is 17.8 Å². The van der Waals surface area contributed by atoms with E-state index in [1.54, 1.807) is 32.1 Å². The summed E-state index contributed by atoms with van der Waals surface area (Å²) >= 11 is 0. The van der Waals surface area contributed by atoms with E-state index in [2.05, 4.69) is 6.92 Å². The van der Waals surface area contributed by atoms with Crippen LogP contribution in [0.15, 0.2) is 0 Å². The van der Waals surface area contributed by atoms with E-state index in [-0.39, 0.29) is 0 Å². The van der Waals surface area contributed by atoms with Gasteiger partial charge in [0.2, 0.25) is 0 Å². The number of fused-ring (bicyclic) bond motifs is 5. The lowest BCUT2D eigenvalue weighted by atomic mass is 9.68. The second kappa shape index (κ2) is 3.81. The molecule has 2 bridgehead atoms. The van der Waals surface area contributed by atoms with Crippen LogP contribution in [0.1, 0.15) is 58.3 Å². The minimum atomic E-state index is 1.10. The summed E-state index contributed by atoms with van der Waals surface area (Å²) in [4.78, 5) is 0. The molecule has 0 N–H and O–H groups in total. The molecule has 3 atom stereocenters. The van der Waals surface area contributed by atoms with Crippen molar-refractivity contribution in [3.63, 3.8) is 0 Å². The summed E-state index contributed by atoms with van der Waals surface area (Å²) in [5, 5.41) is 0. The lowest BCUT2D eigenvalue weighted by molar-refractivity contribution is 0.135. The lowest BCUT2D eigenvalue weighted by Gasteiger charge is -2.38. The molecular weight excluding hydrogens is 144 g/mol. The quantitative estimate of drug-likeness (QED) is 0.552.